The Morgan fingerprint density at radius 1 is 1.40 bits per heavy atom. The molecule has 0 aliphatic heterocycles. The van der Waals surface area contributed by atoms with Crippen molar-refractivity contribution in [2.75, 3.05) is 0 Å². The molecule has 0 bridgehead atoms. The summed E-state index contributed by atoms with van der Waals surface area (Å²) in [7, 11) is 0. The van der Waals surface area contributed by atoms with E-state index >= 15 is 0 Å². The van der Waals surface area contributed by atoms with E-state index in [0.717, 1.165) is 24.7 Å². The van der Waals surface area contributed by atoms with Crippen molar-refractivity contribution in [3.8, 4) is 0 Å². The van der Waals surface area contributed by atoms with E-state index in [1.54, 1.807) is 0 Å². The van der Waals surface area contributed by atoms with Gasteiger partial charge in [0.05, 0.1) is 6.10 Å². The number of aliphatic hydroxyl groups is 1. The molecular formula is C14H28O. The Balaban J connectivity index is 2.70. The zero-order valence-electron chi connectivity index (χ0n) is 10.9. The standard InChI is InChI=1S/C14H28O/c1-5-7-11(3)14(4)9-8-13(15)10-12(14)6-2/h11-13,15H,5-10H2,1-4H3. The summed E-state index contributed by atoms with van der Waals surface area (Å²) in [6.45, 7) is 9.41. The molecule has 0 radical (unpaired) electrons. The molecule has 4 unspecified atom stereocenters. The highest BCUT2D eigenvalue weighted by molar-refractivity contribution is 4.91. The van der Waals surface area contributed by atoms with Gasteiger partial charge in [0, 0.05) is 0 Å². The van der Waals surface area contributed by atoms with Gasteiger partial charge in [-0.1, -0.05) is 47.0 Å². The first-order valence-corrected chi connectivity index (χ1v) is 6.72. The first-order chi connectivity index (χ1) is 7.04. The van der Waals surface area contributed by atoms with Crippen molar-refractivity contribution >= 4 is 0 Å². The second-order valence-electron chi connectivity index (χ2n) is 5.73. The Labute approximate surface area is 95.3 Å². The van der Waals surface area contributed by atoms with Crippen molar-refractivity contribution in [2.24, 2.45) is 17.3 Å². The van der Waals surface area contributed by atoms with Crippen LogP contribution in [-0.4, -0.2) is 11.2 Å². The van der Waals surface area contributed by atoms with Crippen LogP contribution >= 0.6 is 0 Å². The molecule has 1 rings (SSSR count). The molecule has 1 N–H and O–H groups in total. The molecule has 1 nitrogen and oxygen atoms in total. The summed E-state index contributed by atoms with van der Waals surface area (Å²) in [5, 5.41) is 9.75. The minimum absolute atomic E-state index is 0.0307. The van der Waals surface area contributed by atoms with Crippen molar-refractivity contribution in [3.05, 3.63) is 0 Å². The highest BCUT2D eigenvalue weighted by Crippen LogP contribution is 2.49. The van der Waals surface area contributed by atoms with E-state index in [1.807, 2.05) is 0 Å². The Morgan fingerprint density at radius 2 is 2.07 bits per heavy atom. The highest BCUT2D eigenvalue weighted by atomic mass is 16.3. The summed E-state index contributed by atoms with van der Waals surface area (Å²) in [5.74, 6) is 1.53. The lowest BCUT2D eigenvalue weighted by molar-refractivity contribution is -0.0183. The molecule has 90 valence electrons. The number of hydrogen-bond acceptors (Lipinski definition) is 1. The van der Waals surface area contributed by atoms with E-state index in [2.05, 4.69) is 27.7 Å². The summed E-state index contributed by atoms with van der Waals surface area (Å²) < 4.78 is 0. The molecular weight excluding hydrogens is 184 g/mol. The van der Waals surface area contributed by atoms with Gasteiger partial charge in [-0.2, -0.15) is 0 Å². The van der Waals surface area contributed by atoms with Crippen LogP contribution in [0, 0.1) is 17.3 Å². The number of hydrogen-bond donors (Lipinski definition) is 1. The Morgan fingerprint density at radius 3 is 2.60 bits per heavy atom. The molecule has 0 heterocycles. The predicted molar refractivity (Wildman–Crippen MR) is 65.8 cm³/mol. The maximum absolute atomic E-state index is 9.75. The van der Waals surface area contributed by atoms with E-state index in [9.17, 15) is 5.11 Å². The van der Waals surface area contributed by atoms with Gasteiger partial charge < -0.3 is 5.11 Å². The minimum atomic E-state index is -0.0307. The first kappa shape index (κ1) is 13.0. The monoisotopic (exact) mass is 212 g/mol. The quantitative estimate of drug-likeness (QED) is 0.747. The summed E-state index contributed by atoms with van der Waals surface area (Å²) in [6, 6.07) is 0. The van der Waals surface area contributed by atoms with Crippen LogP contribution < -0.4 is 0 Å². The van der Waals surface area contributed by atoms with Crippen LogP contribution in [0.1, 0.15) is 66.2 Å². The van der Waals surface area contributed by atoms with Crippen molar-refractivity contribution in [1.82, 2.24) is 0 Å². The number of aliphatic hydroxyl groups excluding tert-OH is 1. The fourth-order valence-electron chi connectivity index (χ4n) is 3.44. The largest absolute Gasteiger partial charge is 0.393 e. The lowest BCUT2D eigenvalue weighted by Gasteiger charge is -2.47. The summed E-state index contributed by atoms with van der Waals surface area (Å²) in [5.41, 5.74) is 0.476. The van der Waals surface area contributed by atoms with Gasteiger partial charge in [0.2, 0.25) is 0 Å². The third-order valence-corrected chi connectivity index (χ3v) is 4.85. The summed E-state index contributed by atoms with van der Waals surface area (Å²) in [4.78, 5) is 0. The summed E-state index contributed by atoms with van der Waals surface area (Å²) in [6.07, 6.45) is 7.08. The van der Waals surface area contributed by atoms with E-state index in [0.29, 0.717) is 5.41 Å². The van der Waals surface area contributed by atoms with Crippen molar-refractivity contribution in [3.63, 3.8) is 0 Å². The Kier molecular flexibility index (Phi) is 4.64. The zero-order chi connectivity index (χ0) is 11.5. The van der Waals surface area contributed by atoms with Crippen molar-refractivity contribution in [1.29, 1.82) is 0 Å². The van der Waals surface area contributed by atoms with Crippen molar-refractivity contribution in [2.45, 2.75) is 72.3 Å². The molecule has 15 heavy (non-hydrogen) atoms. The first-order valence-electron chi connectivity index (χ1n) is 6.72. The molecule has 0 saturated heterocycles. The smallest absolute Gasteiger partial charge is 0.0543 e. The SMILES string of the molecule is CCCC(C)C1(C)CCC(O)CC1CC. The topological polar surface area (TPSA) is 20.2 Å². The third kappa shape index (κ3) is 2.75. The maximum atomic E-state index is 9.75. The van der Waals surface area contributed by atoms with Gasteiger partial charge in [-0.05, 0) is 36.5 Å². The molecule has 0 aromatic carbocycles. The van der Waals surface area contributed by atoms with Gasteiger partial charge in [-0.3, -0.25) is 0 Å². The van der Waals surface area contributed by atoms with Crippen molar-refractivity contribution < 1.29 is 5.11 Å². The molecule has 4 atom stereocenters. The summed E-state index contributed by atoms with van der Waals surface area (Å²) >= 11 is 0. The maximum Gasteiger partial charge on any atom is 0.0543 e. The zero-order valence-corrected chi connectivity index (χ0v) is 10.9. The third-order valence-electron chi connectivity index (χ3n) is 4.85. The van der Waals surface area contributed by atoms with Crippen LogP contribution in [0.25, 0.3) is 0 Å². The molecule has 1 heteroatoms. The van der Waals surface area contributed by atoms with Crippen LogP contribution in [-0.2, 0) is 0 Å². The highest BCUT2D eigenvalue weighted by Gasteiger charge is 2.41. The van der Waals surface area contributed by atoms with Gasteiger partial charge in [0.15, 0.2) is 0 Å². The fraction of sp³-hybridized carbons (Fsp3) is 1.00. The average molecular weight is 212 g/mol. The van der Waals surface area contributed by atoms with Gasteiger partial charge in [0.25, 0.3) is 0 Å². The lowest BCUT2D eigenvalue weighted by Crippen LogP contribution is -2.40. The molecule has 0 aromatic heterocycles. The Bertz CT molecular complexity index is 190. The molecule has 1 aliphatic carbocycles. The molecule has 0 spiro atoms. The average Bonchev–Trinajstić information content (AvgIpc) is 2.22. The van der Waals surface area contributed by atoms with Crippen LogP contribution in [0.5, 0.6) is 0 Å². The number of rotatable bonds is 4. The van der Waals surface area contributed by atoms with Gasteiger partial charge in [-0.25, -0.2) is 0 Å². The van der Waals surface area contributed by atoms with Gasteiger partial charge in [-0.15, -0.1) is 0 Å². The normalized spacial score (nSPS) is 39.0. The van der Waals surface area contributed by atoms with Crippen LogP contribution in [0.15, 0.2) is 0 Å². The predicted octanol–water partition coefficient (Wildman–Crippen LogP) is 4.00. The van der Waals surface area contributed by atoms with E-state index in [-0.39, 0.29) is 6.10 Å². The lowest BCUT2D eigenvalue weighted by atomic mass is 9.59. The molecule has 1 saturated carbocycles. The molecule has 1 aliphatic rings. The second kappa shape index (κ2) is 5.34. The van der Waals surface area contributed by atoms with Crippen LogP contribution in [0.4, 0.5) is 0 Å². The van der Waals surface area contributed by atoms with Crippen LogP contribution in [0.2, 0.25) is 0 Å². The fourth-order valence-corrected chi connectivity index (χ4v) is 3.44. The van der Waals surface area contributed by atoms with E-state index in [1.165, 1.54) is 25.7 Å². The minimum Gasteiger partial charge on any atom is -0.393 e. The van der Waals surface area contributed by atoms with E-state index < -0.39 is 0 Å². The van der Waals surface area contributed by atoms with E-state index in [4.69, 9.17) is 0 Å². The van der Waals surface area contributed by atoms with Gasteiger partial charge in [0.1, 0.15) is 0 Å². The molecule has 1 fully saturated rings. The Hall–Kier alpha value is -0.0400. The molecule has 0 aromatic rings. The second-order valence-corrected chi connectivity index (χ2v) is 5.73. The van der Waals surface area contributed by atoms with Crippen LogP contribution in [0.3, 0.4) is 0 Å². The molecule has 0 amide bonds. The van der Waals surface area contributed by atoms with Gasteiger partial charge >= 0.3 is 0 Å².